The molecule has 0 aliphatic carbocycles. The Kier molecular flexibility index (Phi) is 4.01. The molecule has 0 saturated carbocycles. The molecule has 102 valence electrons. The molecule has 5 nitrogen and oxygen atoms in total. The molecule has 2 aromatic rings. The quantitative estimate of drug-likeness (QED) is 0.921. The van der Waals surface area contributed by atoms with Crippen molar-refractivity contribution in [3.05, 3.63) is 23.3 Å². The molecule has 0 unspecified atom stereocenters. The zero-order valence-corrected chi connectivity index (χ0v) is 12.2. The fourth-order valence-corrected chi connectivity index (χ4v) is 2.84. The van der Waals surface area contributed by atoms with Gasteiger partial charge < -0.3 is 15.5 Å². The van der Waals surface area contributed by atoms with Crippen LogP contribution in [0.1, 0.15) is 9.67 Å². The van der Waals surface area contributed by atoms with Crippen molar-refractivity contribution < 1.29 is 4.79 Å². The van der Waals surface area contributed by atoms with Gasteiger partial charge in [-0.3, -0.25) is 9.78 Å². The SMILES string of the molecule is CN(C)CCN(C)C(=O)c1sc2cnccc2c1N. The van der Waals surface area contributed by atoms with Crippen molar-refractivity contribution in [1.82, 2.24) is 14.8 Å². The number of anilines is 1. The minimum atomic E-state index is -0.0273. The highest BCUT2D eigenvalue weighted by Gasteiger charge is 2.19. The van der Waals surface area contributed by atoms with E-state index in [9.17, 15) is 4.79 Å². The molecule has 0 radical (unpaired) electrons. The number of fused-ring (bicyclic) bond motifs is 1. The molecule has 2 aromatic heterocycles. The number of hydrogen-bond donors (Lipinski definition) is 1. The van der Waals surface area contributed by atoms with E-state index in [1.807, 2.05) is 25.1 Å². The Morgan fingerprint density at radius 2 is 2.11 bits per heavy atom. The number of nitrogens with two attached hydrogens (primary N) is 1. The molecule has 2 rings (SSSR count). The molecular weight excluding hydrogens is 260 g/mol. The smallest absolute Gasteiger partial charge is 0.265 e. The van der Waals surface area contributed by atoms with Crippen molar-refractivity contribution >= 4 is 33.0 Å². The lowest BCUT2D eigenvalue weighted by Gasteiger charge is -2.19. The van der Waals surface area contributed by atoms with E-state index >= 15 is 0 Å². The standard InChI is InChI=1S/C13H18N4OS/c1-16(2)6-7-17(3)13(18)12-11(14)9-4-5-15-8-10(9)19-12/h4-5,8H,6-7,14H2,1-3H3. The molecular formula is C13H18N4OS. The second kappa shape index (κ2) is 5.54. The largest absolute Gasteiger partial charge is 0.397 e. The van der Waals surface area contributed by atoms with Crippen molar-refractivity contribution in [3.63, 3.8) is 0 Å². The van der Waals surface area contributed by atoms with E-state index in [1.54, 1.807) is 24.3 Å². The van der Waals surface area contributed by atoms with E-state index in [0.29, 0.717) is 17.1 Å². The van der Waals surface area contributed by atoms with Crippen molar-refractivity contribution in [2.24, 2.45) is 0 Å². The second-order valence-corrected chi connectivity index (χ2v) is 5.80. The third-order valence-corrected chi connectivity index (χ3v) is 4.10. The van der Waals surface area contributed by atoms with Crippen LogP contribution in [0, 0.1) is 0 Å². The van der Waals surface area contributed by atoms with Gasteiger partial charge in [0, 0.05) is 37.9 Å². The van der Waals surface area contributed by atoms with Crippen molar-refractivity contribution in [2.45, 2.75) is 0 Å². The summed E-state index contributed by atoms with van der Waals surface area (Å²) in [5.41, 5.74) is 6.62. The number of aromatic nitrogens is 1. The first kappa shape index (κ1) is 13.8. The van der Waals surface area contributed by atoms with Crippen LogP contribution in [0.15, 0.2) is 18.5 Å². The fourth-order valence-electron chi connectivity index (χ4n) is 1.75. The van der Waals surface area contributed by atoms with Gasteiger partial charge >= 0.3 is 0 Å². The Bertz CT molecular complexity index is 593. The highest BCUT2D eigenvalue weighted by atomic mass is 32.1. The van der Waals surface area contributed by atoms with Crippen LogP contribution in [0.4, 0.5) is 5.69 Å². The lowest BCUT2D eigenvalue weighted by atomic mass is 10.2. The molecule has 6 heteroatoms. The highest BCUT2D eigenvalue weighted by molar-refractivity contribution is 7.21. The van der Waals surface area contributed by atoms with Crippen LogP contribution < -0.4 is 5.73 Å². The summed E-state index contributed by atoms with van der Waals surface area (Å²) in [7, 11) is 5.77. The van der Waals surface area contributed by atoms with Crippen LogP contribution in [0.5, 0.6) is 0 Å². The van der Waals surface area contributed by atoms with E-state index < -0.39 is 0 Å². The van der Waals surface area contributed by atoms with E-state index in [4.69, 9.17) is 5.73 Å². The molecule has 0 aliphatic heterocycles. The molecule has 0 atom stereocenters. The molecule has 0 saturated heterocycles. The van der Waals surface area contributed by atoms with Gasteiger partial charge in [0.05, 0.1) is 10.4 Å². The molecule has 0 aliphatic rings. The number of amides is 1. The zero-order valence-electron chi connectivity index (χ0n) is 11.4. The number of thiophene rings is 1. The van der Waals surface area contributed by atoms with Gasteiger partial charge in [-0.15, -0.1) is 11.3 Å². The number of nitrogen functional groups attached to an aromatic ring is 1. The van der Waals surface area contributed by atoms with Gasteiger partial charge in [-0.25, -0.2) is 0 Å². The average Bonchev–Trinajstić information content (AvgIpc) is 2.73. The van der Waals surface area contributed by atoms with Crippen LogP contribution >= 0.6 is 11.3 Å². The predicted octanol–water partition coefficient (Wildman–Crippen LogP) is 1.51. The number of rotatable bonds is 4. The van der Waals surface area contributed by atoms with Crippen LogP contribution in [0.3, 0.4) is 0 Å². The number of likely N-dealkylation sites (N-methyl/N-ethyl adjacent to an activating group) is 2. The van der Waals surface area contributed by atoms with E-state index in [2.05, 4.69) is 4.98 Å². The Balaban J connectivity index is 2.24. The summed E-state index contributed by atoms with van der Waals surface area (Å²) < 4.78 is 0.948. The van der Waals surface area contributed by atoms with Gasteiger partial charge in [-0.2, -0.15) is 0 Å². The maximum Gasteiger partial charge on any atom is 0.265 e. The molecule has 19 heavy (non-hydrogen) atoms. The normalized spacial score (nSPS) is 11.2. The molecule has 1 amide bonds. The summed E-state index contributed by atoms with van der Waals surface area (Å²) in [5, 5.41) is 0.907. The van der Waals surface area contributed by atoms with Gasteiger partial charge in [0.15, 0.2) is 0 Å². The first-order valence-corrected chi connectivity index (χ1v) is 6.84. The fraction of sp³-hybridized carbons (Fsp3) is 0.385. The van der Waals surface area contributed by atoms with E-state index in [0.717, 1.165) is 16.6 Å². The van der Waals surface area contributed by atoms with Crippen molar-refractivity contribution in [2.75, 3.05) is 40.0 Å². The zero-order chi connectivity index (χ0) is 14.0. The Morgan fingerprint density at radius 3 is 2.74 bits per heavy atom. The molecule has 0 aromatic carbocycles. The van der Waals surface area contributed by atoms with E-state index in [1.165, 1.54) is 11.3 Å². The topological polar surface area (TPSA) is 62.5 Å². The monoisotopic (exact) mass is 278 g/mol. The minimum Gasteiger partial charge on any atom is -0.397 e. The van der Waals surface area contributed by atoms with Gasteiger partial charge in [-0.1, -0.05) is 0 Å². The molecule has 2 heterocycles. The van der Waals surface area contributed by atoms with Crippen LogP contribution in [0.25, 0.3) is 10.1 Å². The summed E-state index contributed by atoms with van der Waals surface area (Å²) in [6, 6.07) is 1.85. The van der Waals surface area contributed by atoms with Gasteiger partial charge in [0.2, 0.25) is 0 Å². The molecule has 2 N–H and O–H groups in total. The maximum absolute atomic E-state index is 12.4. The van der Waals surface area contributed by atoms with Crippen molar-refractivity contribution in [3.8, 4) is 0 Å². The highest BCUT2D eigenvalue weighted by Crippen LogP contribution is 2.33. The van der Waals surface area contributed by atoms with E-state index in [-0.39, 0.29) is 5.91 Å². The number of carbonyl (C=O) groups excluding carboxylic acids is 1. The Morgan fingerprint density at radius 1 is 1.37 bits per heavy atom. The predicted molar refractivity (Wildman–Crippen MR) is 79.5 cm³/mol. The third-order valence-electron chi connectivity index (χ3n) is 2.95. The van der Waals surface area contributed by atoms with Gasteiger partial charge in [0.25, 0.3) is 5.91 Å². The first-order chi connectivity index (χ1) is 9.00. The Hall–Kier alpha value is -1.66. The number of pyridine rings is 1. The first-order valence-electron chi connectivity index (χ1n) is 6.03. The summed E-state index contributed by atoms with van der Waals surface area (Å²) >= 11 is 1.40. The van der Waals surface area contributed by atoms with Crippen LogP contribution in [-0.2, 0) is 0 Å². The van der Waals surface area contributed by atoms with Gasteiger partial charge in [-0.05, 0) is 20.2 Å². The summed E-state index contributed by atoms with van der Waals surface area (Å²) in [5.74, 6) is -0.0273. The number of carbonyl (C=O) groups is 1. The molecule has 0 fully saturated rings. The summed E-state index contributed by atoms with van der Waals surface area (Å²) in [4.78, 5) is 20.8. The van der Waals surface area contributed by atoms with Crippen molar-refractivity contribution in [1.29, 1.82) is 0 Å². The summed E-state index contributed by atoms with van der Waals surface area (Å²) in [6.45, 7) is 1.51. The second-order valence-electron chi connectivity index (χ2n) is 4.75. The minimum absolute atomic E-state index is 0.0273. The number of hydrogen-bond acceptors (Lipinski definition) is 5. The Labute approximate surface area is 116 Å². The number of nitrogens with zero attached hydrogens (tertiary/aromatic N) is 3. The van der Waals surface area contributed by atoms with Crippen LogP contribution in [-0.4, -0.2) is 54.9 Å². The maximum atomic E-state index is 12.4. The van der Waals surface area contributed by atoms with Crippen LogP contribution in [0.2, 0.25) is 0 Å². The lowest BCUT2D eigenvalue weighted by molar-refractivity contribution is 0.0792. The lowest BCUT2D eigenvalue weighted by Crippen LogP contribution is -2.33. The molecule has 0 spiro atoms. The third kappa shape index (κ3) is 2.85. The van der Waals surface area contributed by atoms with Gasteiger partial charge in [0.1, 0.15) is 4.88 Å². The summed E-state index contributed by atoms with van der Waals surface area (Å²) in [6.07, 6.45) is 3.43. The molecule has 0 bridgehead atoms. The average molecular weight is 278 g/mol.